The van der Waals surface area contributed by atoms with Crippen molar-refractivity contribution in [2.24, 2.45) is 0 Å². The number of amides is 2. The quantitative estimate of drug-likeness (QED) is 0.570. The molecule has 0 bridgehead atoms. The van der Waals surface area contributed by atoms with Crippen molar-refractivity contribution in [1.29, 1.82) is 0 Å². The van der Waals surface area contributed by atoms with E-state index in [9.17, 15) is 14.0 Å². The van der Waals surface area contributed by atoms with Gasteiger partial charge >= 0.3 is 11.8 Å². The molecule has 0 saturated carbocycles. The van der Waals surface area contributed by atoms with Crippen LogP contribution in [0.2, 0.25) is 5.02 Å². The first-order valence-electron chi connectivity index (χ1n) is 6.83. The summed E-state index contributed by atoms with van der Waals surface area (Å²) in [6.07, 6.45) is 0. The van der Waals surface area contributed by atoms with E-state index < -0.39 is 17.6 Å². The average molecular weight is 340 g/mol. The topological polar surface area (TPSA) is 70.2 Å². The molecule has 1 rings (SSSR count). The van der Waals surface area contributed by atoms with Gasteiger partial charge in [-0.3, -0.25) is 9.59 Å². The Morgan fingerprint density at radius 1 is 1.26 bits per heavy atom. The Labute approximate surface area is 139 Å². The van der Waals surface area contributed by atoms with Crippen LogP contribution in [0.25, 0.3) is 0 Å². The van der Waals surface area contributed by atoms with E-state index in [4.69, 9.17) is 11.6 Å². The standard InChI is InChI=1S/C16H19ClFN3O2/c1-9(2)12(10(3)19-4)8-20-15(22)16(23)21-11-5-6-13(17)14(18)7-11/h5-7,19H,1,8H2,2-4H3,(H,20,22)(H,21,23)/b12-10-. The molecule has 23 heavy (non-hydrogen) atoms. The molecule has 124 valence electrons. The number of rotatable bonds is 5. The highest BCUT2D eigenvalue weighted by atomic mass is 35.5. The summed E-state index contributed by atoms with van der Waals surface area (Å²) in [5, 5.41) is 7.70. The third-order valence-corrected chi connectivity index (χ3v) is 3.46. The van der Waals surface area contributed by atoms with E-state index >= 15 is 0 Å². The molecule has 0 aromatic heterocycles. The summed E-state index contributed by atoms with van der Waals surface area (Å²) in [5.74, 6) is -2.40. The van der Waals surface area contributed by atoms with Crippen LogP contribution in [0.3, 0.4) is 0 Å². The predicted octanol–water partition coefficient (Wildman–Crippen LogP) is 2.60. The molecule has 5 nitrogen and oxygen atoms in total. The van der Waals surface area contributed by atoms with Crippen LogP contribution in [0.15, 0.2) is 41.6 Å². The molecule has 7 heteroatoms. The molecule has 0 radical (unpaired) electrons. The molecular formula is C16H19ClFN3O2. The smallest absolute Gasteiger partial charge is 0.313 e. The van der Waals surface area contributed by atoms with E-state index in [0.717, 1.165) is 22.9 Å². The van der Waals surface area contributed by atoms with Gasteiger partial charge in [-0.2, -0.15) is 0 Å². The van der Waals surface area contributed by atoms with Crippen LogP contribution >= 0.6 is 11.6 Å². The molecule has 0 heterocycles. The van der Waals surface area contributed by atoms with Gasteiger partial charge in [0.15, 0.2) is 0 Å². The maximum absolute atomic E-state index is 13.3. The van der Waals surface area contributed by atoms with Crippen LogP contribution < -0.4 is 16.0 Å². The van der Waals surface area contributed by atoms with E-state index in [1.807, 2.05) is 6.92 Å². The zero-order valence-corrected chi connectivity index (χ0v) is 14.0. The Bertz CT molecular complexity index is 671. The van der Waals surface area contributed by atoms with Crippen molar-refractivity contribution in [2.45, 2.75) is 13.8 Å². The number of hydrogen-bond donors (Lipinski definition) is 3. The van der Waals surface area contributed by atoms with Crippen molar-refractivity contribution in [2.75, 3.05) is 18.9 Å². The fourth-order valence-electron chi connectivity index (χ4n) is 1.77. The second kappa shape index (κ2) is 8.33. The Morgan fingerprint density at radius 2 is 1.91 bits per heavy atom. The number of hydrogen-bond acceptors (Lipinski definition) is 3. The number of carbonyl (C=O) groups excluding carboxylic acids is 2. The molecule has 3 N–H and O–H groups in total. The van der Waals surface area contributed by atoms with Gasteiger partial charge in [-0.15, -0.1) is 0 Å². The summed E-state index contributed by atoms with van der Waals surface area (Å²) < 4.78 is 13.3. The van der Waals surface area contributed by atoms with Gasteiger partial charge in [-0.25, -0.2) is 4.39 Å². The Morgan fingerprint density at radius 3 is 2.43 bits per heavy atom. The van der Waals surface area contributed by atoms with E-state index in [0.29, 0.717) is 0 Å². The number of carbonyl (C=O) groups is 2. The first kappa shape index (κ1) is 18.7. The third-order valence-electron chi connectivity index (χ3n) is 3.15. The van der Waals surface area contributed by atoms with Crippen molar-refractivity contribution in [3.05, 3.63) is 52.5 Å². The first-order valence-corrected chi connectivity index (χ1v) is 7.21. The normalized spacial score (nSPS) is 11.3. The summed E-state index contributed by atoms with van der Waals surface area (Å²) in [6.45, 7) is 7.63. The number of benzene rings is 1. The highest BCUT2D eigenvalue weighted by Gasteiger charge is 2.15. The summed E-state index contributed by atoms with van der Waals surface area (Å²) in [7, 11) is 1.75. The maximum Gasteiger partial charge on any atom is 0.313 e. The van der Waals surface area contributed by atoms with Crippen molar-refractivity contribution < 1.29 is 14.0 Å². The van der Waals surface area contributed by atoms with Gasteiger partial charge in [0.2, 0.25) is 0 Å². The largest absolute Gasteiger partial charge is 0.391 e. The molecule has 0 unspecified atom stereocenters. The molecule has 0 atom stereocenters. The SMILES string of the molecule is C=C(C)/C(CNC(=O)C(=O)Nc1ccc(Cl)c(F)c1)=C(/C)NC. The van der Waals surface area contributed by atoms with Gasteiger partial charge in [0, 0.05) is 25.0 Å². The summed E-state index contributed by atoms with van der Waals surface area (Å²) in [5.41, 5.74) is 2.57. The van der Waals surface area contributed by atoms with Gasteiger partial charge in [-0.05, 0) is 37.6 Å². The van der Waals surface area contributed by atoms with E-state index in [1.54, 1.807) is 14.0 Å². The Hall–Kier alpha value is -2.34. The summed E-state index contributed by atoms with van der Waals surface area (Å²) in [6, 6.07) is 3.74. The molecule has 0 spiro atoms. The lowest BCUT2D eigenvalue weighted by Gasteiger charge is -2.13. The number of nitrogens with one attached hydrogen (secondary N) is 3. The van der Waals surface area contributed by atoms with Crippen molar-refractivity contribution in [3.63, 3.8) is 0 Å². The van der Waals surface area contributed by atoms with Crippen LogP contribution in [-0.2, 0) is 9.59 Å². The Balaban J connectivity index is 2.69. The van der Waals surface area contributed by atoms with Crippen LogP contribution in [0.5, 0.6) is 0 Å². The van der Waals surface area contributed by atoms with Gasteiger partial charge in [0.05, 0.1) is 5.02 Å². The second-order valence-corrected chi connectivity index (χ2v) is 5.31. The van der Waals surface area contributed by atoms with Crippen LogP contribution in [0.1, 0.15) is 13.8 Å². The van der Waals surface area contributed by atoms with Crippen LogP contribution in [-0.4, -0.2) is 25.4 Å². The minimum atomic E-state index is -0.894. The van der Waals surface area contributed by atoms with Crippen molar-refractivity contribution in [1.82, 2.24) is 10.6 Å². The maximum atomic E-state index is 13.3. The molecular weight excluding hydrogens is 321 g/mol. The van der Waals surface area contributed by atoms with E-state index in [1.165, 1.54) is 12.1 Å². The lowest BCUT2D eigenvalue weighted by atomic mass is 10.1. The van der Waals surface area contributed by atoms with Crippen LogP contribution in [0, 0.1) is 5.82 Å². The molecule has 1 aromatic carbocycles. The molecule has 0 aliphatic rings. The lowest BCUT2D eigenvalue weighted by Crippen LogP contribution is -2.37. The monoisotopic (exact) mass is 339 g/mol. The Kier molecular flexibility index (Phi) is 6.78. The van der Waals surface area contributed by atoms with E-state index in [-0.39, 0.29) is 17.3 Å². The number of anilines is 1. The third kappa shape index (κ3) is 5.41. The molecule has 0 saturated heterocycles. The minimum Gasteiger partial charge on any atom is -0.391 e. The van der Waals surface area contributed by atoms with Gasteiger partial charge < -0.3 is 16.0 Å². The minimum absolute atomic E-state index is 0.0637. The molecule has 2 amide bonds. The highest BCUT2D eigenvalue weighted by Crippen LogP contribution is 2.18. The molecule has 1 aromatic rings. The van der Waals surface area contributed by atoms with E-state index in [2.05, 4.69) is 22.5 Å². The van der Waals surface area contributed by atoms with Gasteiger partial charge in [-0.1, -0.05) is 23.8 Å². The van der Waals surface area contributed by atoms with Crippen molar-refractivity contribution >= 4 is 29.1 Å². The molecule has 0 aliphatic heterocycles. The predicted molar refractivity (Wildman–Crippen MR) is 89.6 cm³/mol. The fraction of sp³-hybridized carbons (Fsp3) is 0.250. The summed E-state index contributed by atoms with van der Waals surface area (Å²) >= 11 is 5.55. The van der Waals surface area contributed by atoms with Crippen molar-refractivity contribution in [3.8, 4) is 0 Å². The molecule has 0 aliphatic carbocycles. The van der Waals surface area contributed by atoms with Gasteiger partial charge in [0.1, 0.15) is 5.82 Å². The fourth-order valence-corrected chi connectivity index (χ4v) is 1.88. The summed E-state index contributed by atoms with van der Waals surface area (Å²) in [4.78, 5) is 23.6. The zero-order chi connectivity index (χ0) is 17.6. The van der Waals surface area contributed by atoms with Gasteiger partial charge in [0.25, 0.3) is 0 Å². The first-order chi connectivity index (χ1) is 10.8. The number of halogens is 2. The second-order valence-electron chi connectivity index (χ2n) is 4.90. The highest BCUT2D eigenvalue weighted by molar-refractivity contribution is 6.39. The number of allylic oxidation sites excluding steroid dienone is 1. The zero-order valence-electron chi connectivity index (χ0n) is 13.2. The molecule has 0 fully saturated rings. The average Bonchev–Trinajstić information content (AvgIpc) is 2.50. The van der Waals surface area contributed by atoms with Crippen LogP contribution in [0.4, 0.5) is 10.1 Å². The lowest BCUT2D eigenvalue weighted by molar-refractivity contribution is -0.136.